The van der Waals surface area contributed by atoms with Gasteiger partial charge < -0.3 is 25.5 Å². The zero-order valence-corrected chi connectivity index (χ0v) is 23.4. The molecule has 0 aliphatic rings. The molecule has 0 unspecified atom stereocenters. The van der Waals surface area contributed by atoms with E-state index in [2.05, 4.69) is 0 Å². The largest absolute Gasteiger partial charge is 0.391 e. The van der Waals surface area contributed by atoms with E-state index in [1.54, 1.807) is 104 Å². The van der Waals surface area contributed by atoms with Gasteiger partial charge in [-0.05, 0) is 104 Å². The fraction of sp³-hybridized carbons (Fsp3) is 1.00. The Morgan fingerprint density at radius 2 is 0.269 bits per heavy atom. The summed E-state index contributed by atoms with van der Waals surface area (Å²) in [6.45, 7) is 26.1. The molecule has 0 bridgehead atoms. The molecule has 0 saturated carbocycles. The maximum Gasteiger partial charge on any atom is 0.0563 e. The van der Waals surface area contributed by atoms with Crippen molar-refractivity contribution < 1.29 is 47.9 Å². The molecule has 0 aliphatic carbocycles. The third-order valence-corrected chi connectivity index (χ3v) is 0. The summed E-state index contributed by atoms with van der Waals surface area (Å²) in [4.78, 5) is 0. The average molecular weight is 552 g/mol. The summed E-state index contributed by atoms with van der Waals surface area (Å²) in [5.41, 5.74) is -2.50. The summed E-state index contributed by atoms with van der Waals surface area (Å²) in [5, 5.41) is 42.6. The molecule has 0 rings (SSSR count). The number of rotatable bonds is 0. The Bertz CT molecular complexity index is 171. The molecule has 0 amide bonds. The summed E-state index contributed by atoms with van der Waals surface area (Å²) < 4.78 is 0. The summed E-state index contributed by atoms with van der Waals surface area (Å²) >= 11 is 0. The van der Waals surface area contributed by atoms with Crippen LogP contribution in [0.25, 0.3) is 0 Å². The van der Waals surface area contributed by atoms with E-state index in [1.165, 1.54) is 0 Å². The van der Waals surface area contributed by atoms with E-state index in [0.29, 0.717) is 0 Å². The minimum absolute atomic E-state index is 0. The van der Waals surface area contributed by atoms with Gasteiger partial charge in [-0.1, -0.05) is 0 Å². The fourth-order valence-electron chi connectivity index (χ4n) is 0. The van der Waals surface area contributed by atoms with Gasteiger partial charge in [0, 0.05) is 22.4 Å². The van der Waals surface area contributed by atoms with Crippen molar-refractivity contribution in [2.24, 2.45) is 0 Å². The molecule has 0 saturated heterocycles. The maximum atomic E-state index is 8.52. The van der Waals surface area contributed by atoms with Gasteiger partial charge in [0.1, 0.15) is 0 Å². The van der Waals surface area contributed by atoms with Crippen molar-refractivity contribution in [1.82, 2.24) is 0 Å². The molecule has 165 valence electrons. The first-order chi connectivity index (χ1) is 10.0. The van der Waals surface area contributed by atoms with Crippen LogP contribution in [-0.2, 0) is 22.4 Å². The van der Waals surface area contributed by atoms with Crippen molar-refractivity contribution in [3.05, 3.63) is 0 Å². The summed E-state index contributed by atoms with van der Waals surface area (Å²) in [7, 11) is 0. The van der Waals surface area contributed by atoms with Crippen LogP contribution < -0.4 is 0 Å². The molecule has 0 heterocycles. The quantitative estimate of drug-likeness (QED) is 0.315. The van der Waals surface area contributed by atoms with Gasteiger partial charge in [-0.25, -0.2) is 0 Å². The summed E-state index contributed by atoms with van der Waals surface area (Å²) in [6, 6.07) is 0. The Morgan fingerprint density at radius 3 is 0.269 bits per heavy atom. The molecule has 26 heavy (non-hydrogen) atoms. The monoisotopic (exact) mass is 551 g/mol. The Morgan fingerprint density at radius 1 is 0.269 bits per heavy atom. The van der Waals surface area contributed by atoms with E-state index < -0.39 is 28.0 Å². The second-order valence-corrected chi connectivity index (χ2v) is 10.9. The maximum absolute atomic E-state index is 8.52. The van der Waals surface area contributed by atoms with Gasteiger partial charge in [0.25, 0.3) is 0 Å². The second kappa shape index (κ2) is 16.5. The smallest absolute Gasteiger partial charge is 0.0563 e. The van der Waals surface area contributed by atoms with Crippen LogP contribution in [0.2, 0.25) is 0 Å². The van der Waals surface area contributed by atoms with E-state index in [-0.39, 0.29) is 22.4 Å². The zero-order valence-electron chi connectivity index (χ0n) is 20.2. The third kappa shape index (κ3) is 46600. The molecule has 5 nitrogen and oxygen atoms in total. The molecule has 0 aliphatic heterocycles. The summed E-state index contributed by atoms with van der Waals surface area (Å²) in [5.74, 6) is 0. The van der Waals surface area contributed by atoms with Crippen molar-refractivity contribution in [3.8, 4) is 0 Å². The van der Waals surface area contributed by atoms with E-state index in [1.807, 2.05) is 0 Å². The summed E-state index contributed by atoms with van der Waals surface area (Å²) in [6.07, 6.45) is 0. The second-order valence-electron chi connectivity index (χ2n) is 10.9. The first-order valence-corrected chi connectivity index (χ1v) is 8.62. The van der Waals surface area contributed by atoms with Crippen LogP contribution in [-0.4, -0.2) is 53.5 Å². The van der Waals surface area contributed by atoms with Crippen LogP contribution in [0.4, 0.5) is 0 Å². The first-order valence-electron chi connectivity index (χ1n) is 8.62. The minimum Gasteiger partial charge on any atom is -0.391 e. The van der Waals surface area contributed by atoms with E-state index >= 15 is 0 Å². The molecule has 0 aromatic heterocycles. The third-order valence-electron chi connectivity index (χ3n) is 0. The van der Waals surface area contributed by atoms with Gasteiger partial charge >= 0.3 is 0 Å². The van der Waals surface area contributed by atoms with Crippen LogP contribution in [0.1, 0.15) is 104 Å². The van der Waals surface area contributed by atoms with Gasteiger partial charge in [-0.2, -0.15) is 0 Å². The molecule has 0 aromatic rings. The molecular formula is C20H50O5Ta. The zero-order chi connectivity index (χ0) is 22.5. The molecule has 6 heteroatoms. The minimum atomic E-state index is -0.500. The van der Waals surface area contributed by atoms with Crippen LogP contribution in [0, 0.1) is 0 Å². The molecule has 0 aromatic carbocycles. The molecule has 0 fully saturated rings. The van der Waals surface area contributed by atoms with E-state index in [9.17, 15) is 0 Å². The van der Waals surface area contributed by atoms with Crippen molar-refractivity contribution in [2.45, 2.75) is 132 Å². The Hall–Kier alpha value is 0.540. The first kappa shape index (κ1) is 41.0. The van der Waals surface area contributed by atoms with Gasteiger partial charge in [0.2, 0.25) is 0 Å². The number of hydrogen-bond donors (Lipinski definition) is 5. The van der Waals surface area contributed by atoms with Gasteiger partial charge in [0.15, 0.2) is 0 Å². The van der Waals surface area contributed by atoms with E-state index in [0.717, 1.165) is 0 Å². The predicted molar refractivity (Wildman–Crippen MR) is 110 cm³/mol. The van der Waals surface area contributed by atoms with Crippen molar-refractivity contribution in [1.29, 1.82) is 0 Å². The topological polar surface area (TPSA) is 101 Å². The standard InChI is InChI=1S/5C4H10O.Ta/c5*1-4(2,3)5;/h5*5H,1-3H3;. The molecule has 5 N–H and O–H groups in total. The normalized spacial score (nSPS) is 11.5. The van der Waals surface area contributed by atoms with E-state index in [4.69, 9.17) is 25.5 Å². The van der Waals surface area contributed by atoms with Crippen LogP contribution in [0.5, 0.6) is 0 Å². The Balaban J connectivity index is -0.0000000476. The molecular weight excluding hydrogens is 501 g/mol. The molecule has 0 spiro atoms. The number of hydrogen-bond acceptors (Lipinski definition) is 5. The van der Waals surface area contributed by atoms with Crippen molar-refractivity contribution in [2.75, 3.05) is 0 Å². The molecule has 1 radical (unpaired) electrons. The predicted octanol–water partition coefficient (Wildman–Crippen LogP) is 3.88. The Labute approximate surface area is 179 Å². The van der Waals surface area contributed by atoms with Crippen molar-refractivity contribution in [3.63, 3.8) is 0 Å². The van der Waals surface area contributed by atoms with Gasteiger partial charge in [-0.15, -0.1) is 0 Å². The van der Waals surface area contributed by atoms with Gasteiger partial charge in [-0.3, -0.25) is 0 Å². The molecule has 0 atom stereocenters. The van der Waals surface area contributed by atoms with Crippen LogP contribution in [0.15, 0.2) is 0 Å². The van der Waals surface area contributed by atoms with Crippen molar-refractivity contribution >= 4 is 0 Å². The number of aliphatic hydroxyl groups is 5. The average Bonchev–Trinajstić information content (AvgIpc) is 1.79. The Kier molecular flexibility index (Phi) is 26.0. The fourth-order valence-corrected chi connectivity index (χ4v) is 0. The van der Waals surface area contributed by atoms with Crippen LogP contribution in [0.3, 0.4) is 0 Å². The van der Waals surface area contributed by atoms with Gasteiger partial charge in [0.05, 0.1) is 28.0 Å². The van der Waals surface area contributed by atoms with Crippen LogP contribution >= 0.6 is 0 Å². The SMILES string of the molecule is CC(C)(C)O.CC(C)(C)O.CC(C)(C)O.CC(C)(C)O.CC(C)(C)O.[Ta].